The average Bonchev–Trinajstić information content (AvgIpc) is 3.59. The van der Waals surface area contributed by atoms with Crippen LogP contribution in [-0.4, -0.2) is 25.6 Å². The molecule has 0 unspecified atom stereocenters. The number of hydrogen-bond acceptors (Lipinski definition) is 4. The van der Waals surface area contributed by atoms with E-state index in [9.17, 15) is 23.1 Å². The second-order valence-electron chi connectivity index (χ2n) is 10.3. The van der Waals surface area contributed by atoms with Crippen LogP contribution in [0.2, 0.25) is 0 Å². The molecule has 5 nitrogen and oxygen atoms in total. The molecule has 0 atom stereocenters. The average molecular weight is 606 g/mol. The molecule has 1 N–H and O–H groups in total. The van der Waals surface area contributed by atoms with Gasteiger partial charge in [0.25, 0.3) is 0 Å². The number of carboxylic acids is 1. The molecule has 0 saturated heterocycles. The highest BCUT2D eigenvalue weighted by molar-refractivity contribution is 7.21. The molecule has 3 aromatic carbocycles. The van der Waals surface area contributed by atoms with Gasteiger partial charge in [-0.15, -0.1) is 11.3 Å². The zero-order valence-electron chi connectivity index (χ0n) is 22.9. The van der Waals surface area contributed by atoms with Crippen LogP contribution in [0.15, 0.2) is 116 Å². The summed E-state index contributed by atoms with van der Waals surface area (Å²) >= 11 is 1.24. The van der Waals surface area contributed by atoms with Gasteiger partial charge in [-0.3, -0.25) is 4.98 Å². The van der Waals surface area contributed by atoms with E-state index in [1.54, 1.807) is 36.7 Å². The number of fused-ring (bicyclic) bond motifs is 2. The summed E-state index contributed by atoms with van der Waals surface area (Å²) in [6.45, 7) is 0.473. The van der Waals surface area contributed by atoms with E-state index in [2.05, 4.69) is 14.5 Å². The lowest BCUT2D eigenvalue weighted by molar-refractivity contribution is -0.137. The van der Waals surface area contributed by atoms with E-state index in [4.69, 9.17) is 0 Å². The van der Waals surface area contributed by atoms with Gasteiger partial charge in [0.1, 0.15) is 4.88 Å². The molecule has 44 heavy (non-hydrogen) atoms. The Bertz CT molecular complexity index is 2170. The second kappa shape index (κ2) is 10.8. The van der Waals surface area contributed by atoms with Crippen LogP contribution in [0, 0.1) is 0 Å². The molecule has 4 aromatic heterocycles. The molecule has 0 fully saturated rings. The minimum absolute atomic E-state index is 0.0260. The number of thiophene rings is 1. The fraction of sp³-hybridized carbons (Fsp3) is 0.0571. The van der Waals surface area contributed by atoms with E-state index < -0.39 is 17.7 Å². The third kappa shape index (κ3) is 4.91. The minimum atomic E-state index is -4.50. The van der Waals surface area contributed by atoms with E-state index in [1.807, 2.05) is 60.7 Å². The molecule has 216 valence electrons. The Morgan fingerprint density at radius 1 is 0.841 bits per heavy atom. The summed E-state index contributed by atoms with van der Waals surface area (Å²) in [6.07, 6.45) is -1.06. The minimum Gasteiger partial charge on any atom is -0.477 e. The molecular weight excluding hydrogens is 583 g/mol. The van der Waals surface area contributed by atoms with Crippen molar-refractivity contribution < 1.29 is 23.1 Å². The van der Waals surface area contributed by atoms with Crippen molar-refractivity contribution in [1.82, 2.24) is 14.5 Å². The van der Waals surface area contributed by atoms with Crippen molar-refractivity contribution in [3.05, 3.63) is 132 Å². The summed E-state index contributed by atoms with van der Waals surface area (Å²) in [4.78, 5) is 21.0. The molecule has 9 heteroatoms. The van der Waals surface area contributed by atoms with Gasteiger partial charge in [0.15, 0.2) is 0 Å². The number of pyridine rings is 2. The summed E-state index contributed by atoms with van der Waals surface area (Å²) in [5, 5.41) is 10.6. The predicted octanol–water partition coefficient (Wildman–Crippen LogP) is 9.41. The van der Waals surface area contributed by atoms with Crippen LogP contribution in [0.1, 0.15) is 20.8 Å². The Balaban J connectivity index is 1.44. The largest absolute Gasteiger partial charge is 0.477 e. The first kappa shape index (κ1) is 27.5. The topological polar surface area (TPSA) is 68.0 Å². The lowest BCUT2D eigenvalue weighted by atomic mass is 9.99. The van der Waals surface area contributed by atoms with Gasteiger partial charge >= 0.3 is 12.1 Å². The first-order valence-electron chi connectivity index (χ1n) is 13.7. The number of aromatic carboxylic acids is 1. The van der Waals surface area contributed by atoms with E-state index >= 15 is 0 Å². The van der Waals surface area contributed by atoms with Crippen molar-refractivity contribution in [3.8, 4) is 33.6 Å². The maximum absolute atomic E-state index is 13.7. The highest BCUT2D eigenvalue weighted by Crippen LogP contribution is 2.45. The number of rotatable bonds is 6. The third-order valence-corrected chi connectivity index (χ3v) is 8.70. The Kier molecular flexibility index (Phi) is 6.74. The summed E-state index contributed by atoms with van der Waals surface area (Å²) < 4.78 is 44.2. The molecule has 0 bridgehead atoms. The standard InChI is InChI=1S/C35H22F3N3O2S/c36-35(37,38)26-9-5-4-8-25(26)28-13-10-23-18-24(11-12-27(23)40-28)32-31(22-6-2-1-3-7-22)33-29(19-30(44-33)34(42)43)41(32)20-21-14-16-39-17-15-21/h1-19H,20H2,(H,42,43). The van der Waals surface area contributed by atoms with Gasteiger partial charge in [-0.05, 0) is 59.2 Å². The maximum Gasteiger partial charge on any atom is 0.417 e. The zero-order chi connectivity index (χ0) is 30.4. The molecule has 0 aliphatic rings. The Hall–Kier alpha value is -5.28. The quantitative estimate of drug-likeness (QED) is 0.205. The Morgan fingerprint density at radius 2 is 1.59 bits per heavy atom. The lowest BCUT2D eigenvalue weighted by Gasteiger charge is -2.15. The molecule has 0 radical (unpaired) electrons. The van der Waals surface area contributed by atoms with Crippen LogP contribution >= 0.6 is 11.3 Å². The summed E-state index contributed by atoms with van der Waals surface area (Å²) in [5.74, 6) is -0.984. The number of aromatic nitrogens is 3. The smallest absolute Gasteiger partial charge is 0.417 e. The van der Waals surface area contributed by atoms with Gasteiger partial charge in [-0.1, -0.05) is 60.7 Å². The summed E-state index contributed by atoms with van der Waals surface area (Å²) in [6, 6.07) is 29.9. The van der Waals surface area contributed by atoms with Crippen LogP contribution in [0.4, 0.5) is 13.2 Å². The van der Waals surface area contributed by atoms with E-state index in [0.717, 1.165) is 49.6 Å². The Morgan fingerprint density at radius 3 is 2.34 bits per heavy atom. The van der Waals surface area contributed by atoms with Crippen LogP contribution in [-0.2, 0) is 12.7 Å². The van der Waals surface area contributed by atoms with Gasteiger partial charge in [-0.25, -0.2) is 9.78 Å². The number of benzene rings is 3. The zero-order valence-corrected chi connectivity index (χ0v) is 23.7. The fourth-order valence-electron chi connectivity index (χ4n) is 5.61. The molecule has 0 spiro atoms. The number of nitrogens with zero attached hydrogens (tertiary/aromatic N) is 3. The van der Waals surface area contributed by atoms with Crippen LogP contribution < -0.4 is 0 Å². The third-order valence-electron chi connectivity index (χ3n) is 7.57. The molecule has 0 saturated carbocycles. The van der Waals surface area contributed by atoms with Crippen LogP contribution in [0.25, 0.3) is 54.8 Å². The second-order valence-corrected chi connectivity index (χ2v) is 11.4. The molecule has 7 rings (SSSR count). The fourth-order valence-corrected chi connectivity index (χ4v) is 6.68. The molecule has 7 aromatic rings. The maximum atomic E-state index is 13.7. The number of carboxylic acid groups (broad SMARTS) is 1. The van der Waals surface area contributed by atoms with Gasteiger partial charge < -0.3 is 9.67 Å². The SMILES string of the molecule is O=C(O)c1cc2c(s1)c(-c1ccccc1)c(-c1ccc3nc(-c4ccccc4C(F)(F)F)ccc3c1)n2Cc1ccncc1. The number of halogens is 3. The molecule has 0 amide bonds. The monoisotopic (exact) mass is 605 g/mol. The first-order valence-corrected chi connectivity index (χ1v) is 14.5. The first-order chi connectivity index (χ1) is 21.3. The van der Waals surface area contributed by atoms with Crippen molar-refractivity contribution in [2.45, 2.75) is 12.7 Å². The van der Waals surface area contributed by atoms with Crippen LogP contribution in [0.5, 0.6) is 0 Å². The molecular formula is C35H22F3N3O2S. The number of alkyl halides is 3. The van der Waals surface area contributed by atoms with Gasteiger partial charge in [-0.2, -0.15) is 13.2 Å². The predicted molar refractivity (Wildman–Crippen MR) is 167 cm³/mol. The van der Waals surface area contributed by atoms with E-state index in [1.165, 1.54) is 23.5 Å². The number of carbonyl (C=O) groups is 1. The highest BCUT2D eigenvalue weighted by Gasteiger charge is 2.33. The van der Waals surface area contributed by atoms with Crippen molar-refractivity contribution in [2.24, 2.45) is 0 Å². The van der Waals surface area contributed by atoms with E-state index in [-0.39, 0.29) is 16.1 Å². The van der Waals surface area contributed by atoms with Crippen molar-refractivity contribution in [1.29, 1.82) is 0 Å². The summed E-state index contributed by atoms with van der Waals surface area (Å²) in [7, 11) is 0. The van der Waals surface area contributed by atoms with Gasteiger partial charge in [0.05, 0.1) is 32.7 Å². The van der Waals surface area contributed by atoms with Crippen molar-refractivity contribution in [2.75, 3.05) is 0 Å². The van der Waals surface area contributed by atoms with Crippen molar-refractivity contribution in [3.63, 3.8) is 0 Å². The van der Waals surface area contributed by atoms with Crippen LogP contribution in [0.3, 0.4) is 0 Å². The molecule has 0 aliphatic carbocycles. The highest BCUT2D eigenvalue weighted by atomic mass is 32.1. The van der Waals surface area contributed by atoms with Gasteiger partial charge in [0.2, 0.25) is 0 Å². The normalized spacial score (nSPS) is 11.8. The van der Waals surface area contributed by atoms with E-state index in [0.29, 0.717) is 12.1 Å². The van der Waals surface area contributed by atoms with Crippen molar-refractivity contribution >= 4 is 38.4 Å². The molecule has 0 aliphatic heterocycles. The summed E-state index contributed by atoms with van der Waals surface area (Å²) in [5.41, 5.74) is 5.52. The lowest BCUT2D eigenvalue weighted by Crippen LogP contribution is -2.07. The molecule has 4 heterocycles. The van der Waals surface area contributed by atoms with Gasteiger partial charge in [0, 0.05) is 35.5 Å². The number of hydrogen-bond donors (Lipinski definition) is 1. The Labute approximate surface area is 253 Å².